The third-order valence-electron chi connectivity index (χ3n) is 6.72. The van der Waals surface area contributed by atoms with Gasteiger partial charge in [-0.25, -0.2) is 13.1 Å². The Morgan fingerprint density at radius 2 is 1.58 bits per heavy atom. The average molecular weight is 511 g/mol. The third kappa shape index (κ3) is 5.51. The summed E-state index contributed by atoms with van der Waals surface area (Å²) < 4.78 is 45.8. The van der Waals surface area contributed by atoms with Crippen LogP contribution in [0.25, 0.3) is 0 Å². The van der Waals surface area contributed by atoms with Gasteiger partial charge in [0.2, 0.25) is 10.0 Å². The van der Waals surface area contributed by atoms with Crippen molar-refractivity contribution >= 4 is 10.0 Å². The van der Waals surface area contributed by atoms with E-state index >= 15 is 0 Å². The van der Waals surface area contributed by atoms with E-state index in [-0.39, 0.29) is 10.9 Å². The Kier molecular flexibility index (Phi) is 7.88. The van der Waals surface area contributed by atoms with E-state index in [1.54, 1.807) is 45.6 Å². The number of nitrogens with one attached hydrogen (secondary N) is 1. The summed E-state index contributed by atoms with van der Waals surface area (Å²) in [6.45, 7) is 5.47. The monoisotopic (exact) mass is 510 g/mol. The zero-order valence-corrected chi connectivity index (χ0v) is 22.3. The van der Waals surface area contributed by atoms with Gasteiger partial charge in [-0.1, -0.05) is 29.8 Å². The summed E-state index contributed by atoms with van der Waals surface area (Å²) in [5.74, 6) is 1.91. The molecule has 0 bridgehead atoms. The molecule has 0 spiro atoms. The number of hydrogen-bond acceptors (Lipinski definition) is 6. The molecule has 0 aliphatic carbocycles. The number of rotatable bonds is 9. The number of aryl methyl sites for hydroxylation is 1. The van der Waals surface area contributed by atoms with Crippen molar-refractivity contribution in [1.82, 2.24) is 9.62 Å². The zero-order chi connectivity index (χ0) is 25.9. The molecular formula is C28H34N2O5S. The Bertz CT molecular complexity index is 1290. The van der Waals surface area contributed by atoms with Crippen LogP contribution in [0.3, 0.4) is 0 Å². The predicted octanol–water partition coefficient (Wildman–Crippen LogP) is 4.49. The maximum absolute atomic E-state index is 13.3. The first-order valence-corrected chi connectivity index (χ1v) is 13.4. The molecule has 1 N–H and O–H groups in total. The predicted molar refractivity (Wildman–Crippen MR) is 140 cm³/mol. The molecule has 1 aliphatic rings. The second-order valence-corrected chi connectivity index (χ2v) is 10.9. The molecule has 1 aliphatic heterocycles. The summed E-state index contributed by atoms with van der Waals surface area (Å²) >= 11 is 0. The van der Waals surface area contributed by atoms with E-state index in [1.165, 1.54) is 11.1 Å². The summed E-state index contributed by atoms with van der Waals surface area (Å²) in [6, 6.07) is 18.2. The molecule has 1 heterocycles. The summed E-state index contributed by atoms with van der Waals surface area (Å²) in [4.78, 5) is 2.53. The maximum Gasteiger partial charge on any atom is 0.240 e. The van der Waals surface area contributed by atoms with Crippen molar-refractivity contribution in [2.24, 2.45) is 0 Å². The van der Waals surface area contributed by atoms with Crippen LogP contribution in [0.15, 0.2) is 65.6 Å². The van der Waals surface area contributed by atoms with Gasteiger partial charge in [-0.05, 0) is 73.4 Å². The van der Waals surface area contributed by atoms with Gasteiger partial charge in [0, 0.05) is 19.1 Å². The fraction of sp³-hybridized carbons (Fsp3) is 0.357. The van der Waals surface area contributed by atoms with Crippen molar-refractivity contribution < 1.29 is 22.6 Å². The van der Waals surface area contributed by atoms with Crippen LogP contribution in [-0.4, -0.2) is 47.2 Å². The first kappa shape index (κ1) is 26.0. The van der Waals surface area contributed by atoms with Crippen LogP contribution in [0.5, 0.6) is 17.2 Å². The third-order valence-corrected chi connectivity index (χ3v) is 8.29. The molecule has 3 aromatic carbocycles. The van der Waals surface area contributed by atoms with Crippen LogP contribution in [0.2, 0.25) is 0 Å². The molecule has 4 rings (SSSR count). The number of benzene rings is 3. The van der Waals surface area contributed by atoms with Crippen LogP contribution in [-0.2, 0) is 23.0 Å². The first-order valence-electron chi connectivity index (χ1n) is 12.0. The Hall–Kier alpha value is -3.07. The molecule has 2 atom stereocenters. The molecule has 0 amide bonds. The number of ether oxygens (including phenoxy) is 3. The minimum Gasteiger partial charge on any atom is -0.497 e. The van der Waals surface area contributed by atoms with E-state index < -0.39 is 16.1 Å². The van der Waals surface area contributed by atoms with Gasteiger partial charge < -0.3 is 14.2 Å². The van der Waals surface area contributed by atoms with Gasteiger partial charge >= 0.3 is 0 Å². The largest absolute Gasteiger partial charge is 0.497 e. The lowest BCUT2D eigenvalue weighted by molar-refractivity contribution is 0.150. The average Bonchev–Trinajstić information content (AvgIpc) is 2.88. The van der Waals surface area contributed by atoms with Gasteiger partial charge in [0.1, 0.15) is 5.75 Å². The van der Waals surface area contributed by atoms with Crippen molar-refractivity contribution in [2.45, 2.75) is 43.8 Å². The molecule has 8 heteroatoms. The van der Waals surface area contributed by atoms with Gasteiger partial charge in [-0.15, -0.1) is 0 Å². The SMILES string of the molecule is COc1ccc(S(=O)(=O)N[C@H](C)[C@H]2c3cc(OC)c(OC)cc3CCN2Cc2ccc(C)cc2)cc1. The van der Waals surface area contributed by atoms with E-state index in [1.807, 2.05) is 19.1 Å². The summed E-state index contributed by atoms with van der Waals surface area (Å²) in [6.07, 6.45) is 0.829. The fourth-order valence-electron chi connectivity index (χ4n) is 4.85. The smallest absolute Gasteiger partial charge is 0.240 e. The van der Waals surface area contributed by atoms with Crippen LogP contribution in [0, 0.1) is 6.92 Å². The quantitative estimate of drug-likeness (QED) is 0.457. The minimum absolute atomic E-state index is 0.198. The number of nitrogens with zero attached hydrogens (tertiary/aromatic N) is 1. The minimum atomic E-state index is -3.75. The summed E-state index contributed by atoms with van der Waals surface area (Å²) in [5, 5.41) is 0. The lowest BCUT2D eigenvalue weighted by Gasteiger charge is -2.41. The van der Waals surface area contributed by atoms with Crippen molar-refractivity contribution in [3.8, 4) is 17.2 Å². The Morgan fingerprint density at radius 1 is 0.944 bits per heavy atom. The van der Waals surface area contributed by atoms with Crippen LogP contribution in [0.4, 0.5) is 0 Å². The lowest BCUT2D eigenvalue weighted by Crippen LogP contribution is -2.47. The van der Waals surface area contributed by atoms with Crippen LogP contribution >= 0.6 is 0 Å². The molecule has 7 nitrogen and oxygen atoms in total. The Labute approximate surface area is 214 Å². The van der Waals surface area contributed by atoms with Crippen LogP contribution in [0.1, 0.15) is 35.2 Å². The van der Waals surface area contributed by atoms with Crippen molar-refractivity contribution in [3.63, 3.8) is 0 Å². The normalized spacial score (nSPS) is 16.8. The van der Waals surface area contributed by atoms with E-state index in [9.17, 15) is 8.42 Å². The second-order valence-electron chi connectivity index (χ2n) is 9.14. The number of fused-ring (bicyclic) bond motifs is 1. The Morgan fingerprint density at radius 3 is 2.19 bits per heavy atom. The van der Waals surface area contributed by atoms with E-state index in [4.69, 9.17) is 14.2 Å². The number of methoxy groups -OCH3 is 3. The highest BCUT2D eigenvalue weighted by atomic mass is 32.2. The topological polar surface area (TPSA) is 77.1 Å². The molecule has 0 unspecified atom stereocenters. The van der Waals surface area contributed by atoms with E-state index in [2.05, 4.69) is 40.8 Å². The van der Waals surface area contributed by atoms with Crippen molar-refractivity contribution in [2.75, 3.05) is 27.9 Å². The fourth-order valence-corrected chi connectivity index (χ4v) is 6.10. The highest BCUT2D eigenvalue weighted by Gasteiger charge is 2.35. The van der Waals surface area contributed by atoms with E-state index in [0.717, 1.165) is 24.1 Å². The molecule has 0 fully saturated rings. The van der Waals surface area contributed by atoms with Crippen molar-refractivity contribution in [1.29, 1.82) is 0 Å². The molecule has 36 heavy (non-hydrogen) atoms. The molecule has 0 aromatic heterocycles. The number of sulfonamides is 1. The highest BCUT2D eigenvalue weighted by molar-refractivity contribution is 7.89. The second kappa shape index (κ2) is 10.9. The lowest BCUT2D eigenvalue weighted by atomic mass is 9.88. The van der Waals surface area contributed by atoms with Gasteiger partial charge in [-0.3, -0.25) is 4.90 Å². The molecule has 0 radical (unpaired) electrons. The standard InChI is InChI=1S/C28H34N2O5S/c1-19-6-8-21(9-7-19)18-30-15-14-22-16-26(34-4)27(35-5)17-25(22)28(30)20(2)29-36(31,32)24-12-10-23(33-3)11-13-24/h6-13,16-17,20,28-29H,14-15,18H2,1-5H3/t20-,28+/m1/s1. The molecule has 0 saturated carbocycles. The highest BCUT2D eigenvalue weighted by Crippen LogP contribution is 2.40. The summed E-state index contributed by atoms with van der Waals surface area (Å²) in [7, 11) is 1.03. The van der Waals surface area contributed by atoms with Gasteiger partial charge in [0.25, 0.3) is 0 Å². The van der Waals surface area contributed by atoms with E-state index in [0.29, 0.717) is 23.8 Å². The molecule has 0 saturated heterocycles. The maximum atomic E-state index is 13.3. The molecule has 192 valence electrons. The van der Waals surface area contributed by atoms with Crippen molar-refractivity contribution in [3.05, 3.63) is 82.9 Å². The van der Waals surface area contributed by atoms with Gasteiger partial charge in [0.15, 0.2) is 11.5 Å². The zero-order valence-electron chi connectivity index (χ0n) is 21.4. The first-order chi connectivity index (χ1) is 17.2. The van der Waals surface area contributed by atoms with Gasteiger partial charge in [0.05, 0.1) is 32.3 Å². The Balaban J connectivity index is 1.70. The number of hydrogen-bond donors (Lipinski definition) is 1. The molecule has 3 aromatic rings. The van der Waals surface area contributed by atoms with Gasteiger partial charge in [-0.2, -0.15) is 0 Å². The summed E-state index contributed by atoms with van der Waals surface area (Å²) in [5.41, 5.74) is 4.56. The molecular weight excluding hydrogens is 476 g/mol. The van der Waals surface area contributed by atoms with Crippen LogP contribution < -0.4 is 18.9 Å².